The van der Waals surface area contributed by atoms with Crippen molar-refractivity contribution in [1.29, 1.82) is 0 Å². The van der Waals surface area contributed by atoms with Gasteiger partial charge in [0.15, 0.2) is 0 Å². The molecule has 0 unspecified atom stereocenters. The lowest BCUT2D eigenvalue weighted by molar-refractivity contribution is 0.0607. The summed E-state index contributed by atoms with van der Waals surface area (Å²) in [6.07, 6.45) is 5.13. The van der Waals surface area contributed by atoms with Crippen molar-refractivity contribution in [1.82, 2.24) is 4.57 Å². The molecule has 0 saturated heterocycles. The maximum absolute atomic E-state index is 13.2. The Morgan fingerprint density at radius 2 is 1.87 bits per heavy atom. The molecule has 0 radical (unpaired) electrons. The number of pyridine rings is 1. The molecule has 3 rings (SSSR count). The van der Waals surface area contributed by atoms with Gasteiger partial charge in [0, 0.05) is 11.9 Å². The number of amides is 1. The smallest absolute Gasteiger partial charge is 0.350 e. The second kappa shape index (κ2) is 10.3. The van der Waals surface area contributed by atoms with Crippen LogP contribution in [0.15, 0.2) is 40.5 Å². The summed E-state index contributed by atoms with van der Waals surface area (Å²) in [5.74, 6) is -1.72. The van der Waals surface area contributed by atoms with Crippen molar-refractivity contribution < 1.29 is 19.4 Å². The average Bonchev–Trinajstić information content (AvgIpc) is 3.23. The van der Waals surface area contributed by atoms with E-state index in [9.17, 15) is 19.5 Å². The van der Waals surface area contributed by atoms with Gasteiger partial charge in [0.05, 0.1) is 18.3 Å². The van der Waals surface area contributed by atoms with Crippen molar-refractivity contribution in [2.75, 3.05) is 12.4 Å². The summed E-state index contributed by atoms with van der Waals surface area (Å²) in [7, 11) is 1.25. The number of rotatable bonds is 9. The minimum atomic E-state index is -0.767. The first-order valence-corrected chi connectivity index (χ1v) is 11.2. The lowest BCUT2D eigenvalue weighted by Crippen LogP contribution is -2.30. The Kier molecular flexibility index (Phi) is 7.46. The summed E-state index contributed by atoms with van der Waals surface area (Å²) in [5, 5.41) is 15.4. The number of hydrogen-bond donors (Lipinski definition) is 2. The van der Waals surface area contributed by atoms with Gasteiger partial charge in [-0.05, 0) is 30.0 Å². The Bertz CT molecular complexity index is 1150. The van der Waals surface area contributed by atoms with Gasteiger partial charge in [-0.2, -0.15) is 0 Å². The molecule has 0 spiro atoms. The lowest BCUT2D eigenvalue weighted by atomic mass is 10.1. The number of nitrogens with zero attached hydrogens (tertiary/aromatic N) is 1. The van der Waals surface area contributed by atoms with Gasteiger partial charge in [0.1, 0.15) is 16.2 Å². The van der Waals surface area contributed by atoms with Crippen LogP contribution in [-0.2, 0) is 11.3 Å². The van der Waals surface area contributed by atoms with E-state index in [1.165, 1.54) is 7.11 Å². The maximum atomic E-state index is 13.2. The molecule has 1 amide bonds. The summed E-state index contributed by atoms with van der Waals surface area (Å²) in [5.41, 5.74) is -0.0731. The lowest BCUT2D eigenvalue weighted by Gasteiger charge is -2.15. The minimum Gasteiger partial charge on any atom is -0.506 e. The minimum absolute atomic E-state index is 0.215. The number of nitrogens with one attached hydrogen (secondary N) is 1. The second-order valence-corrected chi connectivity index (χ2v) is 8.14. The quantitative estimate of drug-likeness (QED) is 0.367. The largest absolute Gasteiger partial charge is 0.506 e. The molecule has 2 N–H and O–H groups in total. The number of esters is 1. The van der Waals surface area contributed by atoms with E-state index in [1.54, 1.807) is 40.3 Å². The van der Waals surface area contributed by atoms with Gasteiger partial charge >= 0.3 is 5.97 Å². The van der Waals surface area contributed by atoms with Gasteiger partial charge in [-0.1, -0.05) is 44.7 Å². The van der Waals surface area contributed by atoms with Gasteiger partial charge in [0.25, 0.3) is 11.5 Å². The van der Waals surface area contributed by atoms with Crippen LogP contribution >= 0.6 is 11.3 Å². The highest BCUT2D eigenvalue weighted by Crippen LogP contribution is 2.29. The normalized spacial score (nSPS) is 10.9. The number of carbonyl (C=O) groups is 2. The van der Waals surface area contributed by atoms with Crippen molar-refractivity contribution in [3.05, 3.63) is 56.5 Å². The molecule has 0 bridgehead atoms. The van der Waals surface area contributed by atoms with Gasteiger partial charge in [-0.3, -0.25) is 9.59 Å². The number of para-hydroxylation sites is 1. The van der Waals surface area contributed by atoms with Crippen LogP contribution in [-0.4, -0.2) is 28.7 Å². The van der Waals surface area contributed by atoms with E-state index in [0.29, 0.717) is 17.4 Å². The summed E-state index contributed by atoms with van der Waals surface area (Å²) >= 11 is 1.12. The molecular weight excluding hydrogens is 416 g/mol. The molecule has 8 heteroatoms. The fraction of sp³-hybridized carbons (Fsp3) is 0.348. The zero-order valence-corrected chi connectivity index (χ0v) is 18.5. The van der Waals surface area contributed by atoms with Crippen LogP contribution in [0.5, 0.6) is 5.75 Å². The summed E-state index contributed by atoms with van der Waals surface area (Å²) in [6.45, 7) is 2.59. The molecule has 0 aliphatic heterocycles. The third-order valence-corrected chi connectivity index (χ3v) is 6.04. The van der Waals surface area contributed by atoms with Gasteiger partial charge in [0.2, 0.25) is 0 Å². The van der Waals surface area contributed by atoms with Crippen LogP contribution in [0.3, 0.4) is 0 Å². The zero-order valence-electron chi connectivity index (χ0n) is 17.6. The number of benzene rings is 1. The fourth-order valence-corrected chi connectivity index (χ4v) is 4.30. The Hall–Kier alpha value is -3.13. The number of aromatic hydroxyl groups is 1. The molecule has 0 aliphatic carbocycles. The average molecular weight is 443 g/mol. The molecule has 0 atom stereocenters. The SMILES string of the molecule is CCCCCCCn1c(=O)c(C(=O)Nc2ccsc2C(=O)OC)c(O)c2ccccc21. The van der Waals surface area contributed by atoms with E-state index < -0.39 is 17.4 Å². The van der Waals surface area contributed by atoms with Crippen molar-refractivity contribution in [3.63, 3.8) is 0 Å². The highest BCUT2D eigenvalue weighted by atomic mass is 32.1. The predicted octanol–water partition coefficient (Wildman–Crippen LogP) is 4.78. The fourth-order valence-electron chi connectivity index (χ4n) is 3.53. The van der Waals surface area contributed by atoms with Crippen LogP contribution in [0.4, 0.5) is 5.69 Å². The number of unbranched alkanes of at least 4 members (excludes halogenated alkanes) is 4. The first-order chi connectivity index (χ1) is 15.0. The van der Waals surface area contributed by atoms with E-state index in [2.05, 4.69) is 12.2 Å². The molecule has 164 valence electrons. The summed E-state index contributed by atoms with van der Waals surface area (Å²) < 4.78 is 6.27. The van der Waals surface area contributed by atoms with Crippen molar-refractivity contribution in [3.8, 4) is 5.75 Å². The summed E-state index contributed by atoms with van der Waals surface area (Å²) in [6, 6.07) is 8.53. The zero-order chi connectivity index (χ0) is 22.4. The number of ether oxygens (including phenoxy) is 1. The van der Waals surface area contributed by atoms with Crippen molar-refractivity contribution in [2.24, 2.45) is 0 Å². The molecular formula is C23H26N2O5S. The Labute approximate surface area is 184 Å². The van der Waals surface area contributed by atoms with Crippen LogP contribution < -0.4 is 10.9 Å². The third kappa shape index (κ3) is 4.80. The third-order valence-electron chi connectivity index (χ3n) is 5.14. The van der Waals surface area contributed by atoms with Crippen molar-refractivity contribution in [2.45, 2.75) is 45.6 Å². The molecule has 31 heavy (non-hydrogen) atoms. The standard InChI is InChI=1S/C23H26N2O5S/c1-3-4-5-6-9-13-25-17-11-8-7-10-15(17)19(26)18(22(25)28)21(27)24-16-12-14-31-20(16)23(29)30-2/h7-8,10-12,14,26H,3-6,9,13H2,1-2H3,(H,24,27). The number of anilines is 1. The summed E-state index contributed by atoms with van der Waals surface area (Å²) in [4.78, 5) is 38.3. The van der Waals surface area contributed by atoms with Crippen LogP contribution in [0, 0.1) is 0 Å². The highest BCUT2D eigenvalue weighted by Gasteiger charge is 2.24. The molecule has 1 aromatic carbocycles. The number of thiophene rings is 1. The van der Waals surface area contributed by atoms with Gasteiger partial charge < -0.3 is 19.7 Å². The van der Waals surface area contributed by atoms with E-state index in [-0.39, 0.29) is 21.9 Å². The van der Waals surface area contributed by atoms with E-state index in [4.69, 9.17) is 4.74 Å². The maximum Gasteiger partial charge on any atom is 0.350 e. The van der Waals surface area contributed by atoms with Crippen molar-refractivity contribution >= 4 is 39.8 Å². The van der Waals surface area contributed by atoms with Crippen LogP contribution in [0.25, 0.3) is 10.9 Å². The number of fused-ring (bicyclic) bond motifs is 1. The first-order valence-electron chi connectivity index (χ1n) is 10.3. The molecule has 0 aliphatic rings. The van der Waals surface area contributed by atoms with E-state index >= 15 is 0 Å². The molecule has 2 heterocycles. The van der Waals surface area contributed by atoms with Gasteiger partial charge in [-0.15, -0.1) is 11.3 Å². The van der Waals surface area contributed by atoms with E-state index in [0.717, 1.165) is 43.4 Å². The molecule has 2 aromatic heterocycles. The number of carbonyl (C=O) groups excluding carboxylic acids is 2. The Morgan fingerprint density at radius 1 is 1.13 bits per heavy atom. The Morgan fingerprint density at radius 3 is 2.61 bits per heavy atom. The number of aryl methyl sites for hydroxylation is 1. The number of methoxy groups -OCH3 is 1. The van der Waals surface area contributed by atoms with E-state index in [1.807, 2.05) is 0 Å². The molecule has 3 aromatic rings. The topological polar surface area (TPSA) is 97.6 Å². The monoisotopic (exact) mass is 442 g/mol. The predicted molar refractivity (Wildman–Crippen MR) is 122 cm³/mol. The number of hydrogen-bond acceptors (Lipinski definition) is 6. The number of aromatic nitrogens is 1. The van der Waals surface area contributed by atoms with Gasteiger partial charge in [-0.25, -0.2) is 4.79 Å². The second-order valence-electron chi connectivity index (χ2n) is 7.22. The van der Waals surface area contributed by atoms with Crippen LogP contribution in [0.1, 0.15) is 59.1 Å². The molecule has 0 saturated carbocycles. The Balaban J connectivity index is 1.98. The molecule has 7 nitrogen and oxygen atoms in total. The molecule has 0 fully saturated rings. The highest BCUT2D eigenvalue weighted by molar-refractivity contribution is 7.12. The van der Waals surface area contributed by atoms with Crippen LogP contribution in [0.2, 0.25) is 0 Å². The first kappa shape index (κ1) is 22.6.